The number of rotatable bonds is 3. The Labute approximate surface area is 196 Å². The molecule has 34 heavy (non-hydrogen) atoms. The number of carbonyl (C=O) groups is 1. The molecule has 2 heterocycles. The van der Waals surface area contributed by atoms with E-state index in [9.17, 15) is 4.79 Å². The van der Waals surface area contributed by atoms with Gasteiger partial charge in [-0.05, 0) is 68.8 Å². The summed E-state index contributed by atoms with van der Waals surface area (Å²) in [4.78, 5) is 16.7. The first-order chi connectivity index (χ1) is 16.2. The molecule has 0 aliphatic rings. The minimum atomic E-state index is -0.706. The Balaban J connectivity index is 1.72. The maximum absolute atomic E-state index is 15.1. The monoisotopic (exact) mass is 453 g/mol. The van der Waals surface area contributed by atoms with Gasteiger partial charge in [0.15, 0.2) is 0 Å². The molecular weight excluding hydrogens is 429 g/mol. The van der Waals surface area contributed by atoms with E-state index < -0.39 is 17.4 Å². The molecule has 6 heteroatoms. The number of benzene rings is 3. The van der Waals surface area contributed by atoms with Crippen molar-refractivity contribution < 1.29 is 13.9 Å². The van der Waals surface area contributed by atoms with E-state index in [4.69, 9.17) is 10.5 Å². The number of esters is 1. The normalized spacial score (nSPS) is 11.8. The number of nitrogens with two attached hydrogens (primary N) is 1. The molecule has 0 aliphatic carbocycles. The summed E-state index contributed by atoms with van der Waals surface area (Å²) in [6, 6.07) is 22.3. The lowest BCUT2D eigenvalue weighted by Crippen LogP contribution is -2.24. The Morgan fingerprint density at radius 1 is 0.971 bits per heavy atom. The van der Waals surface area contributed by atoms with E-state index >= 15 is 4.39 Å². The predicted octanol–water partition coefficient (Wildman–Crippen LogP) is 6.52. The molecule has 0 amide bonds. The molecule has 0 bridgehead atoms. The second kappa shape index (κ2) is 7.99. The van der Waals surface area contributed by atoms with Gasteiger partial charge in [-0.3, -0.25) is 0 Å². The highest BCUT2D eigenvalue weighted by molar-refractivity contribution is 6.15. The topological polar surface area (TPSA) is 70.1 Å². The van der Waals surface area contributed by atoms with Crippen LogP contribution in [0.5, 0.6) is 0 Å². The van der Waals surface area contributed by atoms with E-state index in [1.54, 1.807) is 39.1 Å². The minimum absolute atomic E-state index is 0.0897. The van der Waals surface area contributed by atoms with Crippen molar-refractivity contribution in [3.8, 4) is 16.8 Å². The fraction of sp³-hybridized carbons (Fsp3) is 0.143. The number of hydrogen-bond acceptors (Lipinski definition) is 4. The van der Waals surface area contributed by atoms with Gasteiger partial charge in [-0.1, -0.05) is 30.3 Å². The van der Waals surface area contributed by atoms with Crippen LogP contribution in [0.3, 0.4) is 0 Å². The maximum atomic E-state index is 15.1. The van der Waals surface area contributed by atoms with Crippen LogP contribution in [0.15, 0.2) is 79.0 Å². The van der Waals surface area contributed by atoms with Crippen molar-refractivity contribution in [2.75, 3.05) is 5.73 Å². The Kier molecular flexibility index (Phi) is 5.09. The van der Waals surface area contributed by atoms with Crippen LogP contribution < -0.4 is 5.73 Å². The van der Waals surface area contributed by atoms with E-state index in [1.165, 1.54) is 12.1 Å². The molecule has 0 fully saturated rings. The molecule has 5 aromatic rings. The Morgan fingerprint density at radius 3 is 2.44 bits per heavy atom. The largest absolute Gasteiger partial charge is 0.456 e. The van der Waals surface area contributed by atoms with E-state index in [-0.39, 0.29) is 5.56 Å². The predicted molar refractivity (Wildman–Crippen MR) is 134 cm³/mol. The number of anilines is 1. The molecule has 5 rings (SSSR count). The lowest BCUT2D eigenvalue weighted by Gasteiger charge is -2.19. The average Bonchev–Trinajstić information content (AvgIpc) is 3.13. The van der Waals surface area contributed by atoms with Crippen LogP contribution in [0.1, 0.15) is 31.1 Å². The number of pyridine rings is 1. The van der Waals surface area contributed by atoms with Crippen LogP contribution in [0.4, 0.5) is 10.2 Å². The molecule has 0 aliphatic heterocycles. The number of para-hydroxylation sites is 1. The van der Waals surface area contributed by atoms with Crippen LogP contribution in [0, 0.1) is 5.82 Å². The fourth-order valence-corrected chi connectivity index (χ4v) is 4.24. The summed E-state index contributed by atoms with van der Waals surface area (Å²) in [5, 5.41) is 2.06. The molecule has 5 nitrogen and oxygen atoms in total. The lowest BCUT2D eigenvalue weighted by atomic mass is 10.0. The van der Waals surface area contributed by atoms with Crippen molar-refractivity contribution in [1.29, 1.82) is 0 Å². The second-order valence-corrected chi connectivity index (χ2v) is 9.19. The molecule has 0 saturated carbocycles. The summed E-state index contributed by atoms with van der Waals surface area (Å²) < 4.78 is 22.5. The third-order valence-corrected chi connectivity index (χ3v) is 5.62. The summed E-state index contributed by atoms with van der Waals surface area (Å²) in [6.45, 7) is 5.26. The molecule has 3 aromatic carbocycles. The maximum Gasteiger partial charge on any atom is 0.341 e. The lowest BCUT2D eigenvalue weighted by molar-refractivity contribution is 0.00647. The van der Waals surface area contributed by atoms with E-state index in [1.807, 2.05) is 53.1 Å². The van der Waals surface area contributed by atoms with E-state index in [2.05, 4.69) is 4.98 Å². The Morgan fingerprint density at radius 2 is 1.74 bits per heavy atom. The number of nitrogens with zero attached hydrogens (tertiary/aromatic N) is 2. The van der Waals surface area contributed by atoms with Crippen LogP contribution in [0.25, 0.3) is 38.6 Å². The molecule has 0 spiro atoms. The Bertz CT molecular complexity index is 1550. The summed E-state index contributed by atoms with van der Waals surface area (Å²) in [6.07, 6.45) is 1.76. The molecule has 2 aromatic heterocycles. The number of carbonyl (C=O) groups excluding carboxylic acids is 1. The standard InChI is InChI=1S/C28H24FN3O2/c1-28(2,3)34-27(33)20-13-12-18(15-22(20)29)32-23-9-5-4-7-21(23)26-19(8-6-10-24(26)32)17-11-14-25(30)31-16-17/h4-16H,1-3H3,(H2,30,31). The molecule has 2 N–H and O–H groups in total. The first-order valence-corrected chi connectivity index (χ1v) is 11.0. The first-order valence-electron chi connectivity index (χ1n) is 11.0. The zero-order chi connectivity index (χ0) is 24.0. The van der Waals surface area contributed by atoms with Gasteiger partial charge in [0.2, 0.25) is 0 Å². The number of hydrogen-bond donors (Lipinski definition) is 1. The van der Waals surface area contributed by atoms with Crippen LogP contribution in [-0.4, -0.2) is 21.1 Å². The zero-order valence-electron chi connectivity index (χ0n) is 19.2. The number of nitrogen functional groups attached to an aromatic ring is 1. The number of ether oxygens (including phenoxy) is 1. The number of aromatic nitrogens is 2. The van der Waals surface area contributed by atoms with Crippen molar-refractivity contribution in [2.24, 2.45) is 0 Å². The number of halogens is 1. The third-order valence-electron chi connectivity index (χ3n) is 5.62. The summed E-state index contributed by atoms with van der Waals surface area (Å²) in [5.41, 5.74) is 9.39. The quantitative estimate of drug-likeness (QED) is 0.316. The highest BCUT2D eigenvalue weighted by Crippen LogP contribution is 2.38. The van der Waals surface area contributed by atoms with Gasteiger partial charge in [0.1, 0.15) is 17.2 Å². The van der Waals surface area contributed by atoms with Gasteiger partial charge < -0.3 is 15.0 Å². The van der Waals surface area contributed by atoms with Gasteiger partial charge in [0.05, 0.1) is 16.6 Å². The molecule has 0 unspecified atom stereocenters. The van der Waals surface area contributed by atoms with Crippen LogP contribution in [0.2, 0.25) is 0 Å². The molecule has 170 valence electrons. The summed E-state index contributed by atoms with van der Waals surface area (Å²) >= 11 is 0. The van der Waals surface area contributed by atoms with Crippen molar-refractivity contribution in [3.63, 3.8) is 0 Å². The fourth-order valence-electron chi connectivity index (χ4n) is 4.24. The van der Waals surface area contributed by atoms with Gasteiger partial charge in [0.25, 0.3) is 0 Å². The van der Waals surface area contributed by atoms with Crippen molar-refractivity contribution in [1.82, 2.24) is 9.55 Å². The van der Waals surface area contributed by atoms with Crippen LogP contribution in [-0.2, 0) is 4.74 Å². The highest BCUT2D eigenvalue weighted by atomic mass is 19.1. The van der Waals surface area contributed by atoms with Gasteiger partial charge in [-0.15, -0.1) is 0 Å². The second-order valence-electron chi connectivity index (χ2n) is 9.19. The van der Waals surface area contributed by atoms with E-state index in [0.29, 0.717) is 11.5 Å². The minimum Gasteiger partial charge on any atom is -0.456 e. The average molecular weight is 454 g/mol. The zero-order valence-corrected chi connectivity index (χ0v) is 19.2. The molecule has 0 radical (unpaired) electrons. The summed E-state index contributed by atoms with van der Waals surface area (Å²) in [7, 11) is 0. The van der Waals surface area contributed by atoms with Gasteiger partial charge >= 0.3 is 5.97 Å². The molecule has 0 atom stereocenters. The van der Waals surface area contributed by atoms with Crippen molar-refractivity contribution in [3.05, 3.63) is 90.4 Å². The Hall–Kier alpha value is -4.19. The first kappa shape index (κ1) is 21.6. The van der Waals surface area contributed by atoms with E-state index in [0.717, 1.165) is 32.9 Å². The summed E-state index contributed by atoms with van der Waals surface area (Å²) in [5.74, 6) is -0.854. The molecular formula is C28H24FN3O2. The van der Waals surface area contributed by atoms with Gasteiger partial charge in [0, 0.05) is 28.2 Å². The van der Waals surface area contributed by atoms with Crippen LogP contribution >= 0.6 is 0 Å². The van der Waals surface area contributed by atoms with Gasteiger partial charge in [-0.2, -0.15) is 0 Å². The smallest absolute Gasteiger partial charge is 0.341 e. The molecule has 0 saturated heterocycles. The number of fused-ring (bicyclic) bond motifs is 3. The van der Waals surface area contributed by atoms with Crippen molar-refractivity contribution >= 4 is 33.6 Å². The third kappa shape index (κ3) is 3.77. The highest BCUT2D eigenvalue weighted by Gasteiger charge is 2.22. The van der Waals surface area contributed by atoms with Gasteiger partial charge in [-0.25, -0.2) is 14.2 Å². The van der Waals surface area contributed by atoms with Crippen molar-refractivity contribution in [2.45, 2.75) is 26.4 Å². The SMILES string of the molecule is CC(C)(C)OC(=O)c1ccc(-n2c3ccccc3c3c(-c4ccc(N)nc4)cccc32)cc1F.